The zero-order valence-electron chi connectivity index (χ0n) is 21.9. The van der Waals surface area contributed by atoms with E-state index in [0.717, 1.165) is 5.57 Å². The van der Waals surface area contributed by atoms with Crippen LogP contribution in [-0.4, -0.2) is 62.1 Å². The number of thiazole rings is 1. The molecule has 200 valence electrons. The Morgan fingerprint density at radius 2 is 1.94 bits per heavy atom. The molecule has 1 aromatic rings. The molecule has 0 aliphatic carbocycles. The average molecular weight is 522 g/mol. The van der Waals surface area contributed by atoms with Gasteiger partial charge in [-0.3, -0.25) is 9.59 Å². The first-order valence-corrected chi connectivity index (χ1v) is 13.3. The molecule has 0 amide bonds. The highest BCUT2D eigenvalue weighted by Gasteiger charge is 2.51. The van der Waals surface area contributed by atoms with Gasteiger partial charge >= 0.3 is 5.97 Å². The van der Waals surface area contributed by atoms with Crippen molar-refractivity contribution in [1.29, 1.82) is 0 Å². The first-order chi connectivity index (χ1) is 16.8. The first kappa shape index (κ1) is 28.7. The quantitative estimate of drug-likeness (QED) is 0.313. The third-order valence-electron chi connectivity index (χ3n) is 7.56. The highest BCUT2D eigenvalue weighted by molar-refractivity contribution is 7.09. The van der Waals surface area contributed by atoms with Gasteiger partial charge in [-0.2, -0.15) is 0 Å². The van der Waals surface area contributed by atoms with E-state index >= 15 is 0 Å². The molecule has 1 fully saturated rings. The van der Waals surface area contributed by atoms with Crippen LogP contribution in [0.2, 0.25) is 0 Å². The normalized spacial score (nSPS) is 37.2. The second-order valence-electron chi connectivity index (χ2n) is 10.9. The van der Waals surface area contributed by atoms with Crippen LogP contribution in [0.5, 0.6) is 0 Å². The van der Waals surface area contributed by atoms with Crippen LogP contribution < -0.4 is 0 Å². The standard InChI is InChI=1S/C27H39NO7S/c1-15-8-7-9-27(6)21(35-27)11-19(16(2)10-18-14-36-22(13-29)28-18)34-23(31)12-20(30)26(4,5)25(33)17(3)24(15)32/h7,9-10,14-15,17,19-21,24,29-30,32H,8,11-13H2,1-6H3/b9-7+,16-10+/t15-,17+,19-,20-,21-,24-,27+/m0/s1. The van der Waals surface area contributed by atoms with Gasteiger partial charge in [0.05, 0.1) is 42.4 Å². The van der Waals surface area contributed by atoms with Crippen LogP contribution in [-0.2, 0) is 25.7 Å². The molecule has 3 rings (SSSR count). The van der Waals surface area contributed by atoms with Crippen LogP contribution in [0, 0.1) is 17.3 Å². The number of aromatic nitrogens is 1. The van der Waals surface area contributed by atoms with Gasteiger partial charge in [-0.05, 0) is 37.8 Å². The number of epoxide rings is 1. The number of ether oxygens (including phenoxy) is 2. The average Bonchev–Trinajstić information content (AvgIpc) is 3.23. The molecule has 0 saturated carbocycles. The fourth-order valence-corrected chi connectivity index (χ4v) is 5.30. The number of cyclic esters (lactones) is 1. The molecule has 3 N–H and O–H groups in total. The minimum Gasteiger partial charge on any atom is -0.458 e. The van der Waals surface area contributed by atoms with Crippen molar-refractivity contribution < 1.29 is 34.4 Å². The van der Waals surface area contributed by atoms with Crippen molar-refractivity contribution in [2.45, 2.75) is 97.4 Å². The summed E-state index contributed by atoms with van der Waals surface area (Å²) in [4.78, 5) is 30.5. The van der Waals surface area contributed by atoms with Crippen LogP contribution >= 0.6 is 11.3 Å². The number of ketones is 1. The SMILES string of the molecule is C/C(=C\c1csc(CO)n1)[C@@H]1C[C@@H]2O[C@]2(C)/C=C/C[C@H](C)[C@H](O)[C@@H](C)C(=O)C(C)(C)[C@@H](O)CC(=O)O1. The number of hydrogen-bond donors (Lipinski definition) is 3. The van der Waals surface area contributed by atoms with E-state index in [9.17, 15) is 24.9 Å². The van der Waals surface area contributed by atoms with Crippen molar-refractivity contribution in [3.05, 3.63) is 33.8 Å². The lowest BCUT2D eigenvalue weighted by Gasteiger charge is -2.34. The number of allylic oxidation sites excluding steroid dienone is 1. The van der Waals surface area contributed by atoms with E-state index in [1.54, 1.807) is 20.8 Å². The van der Waals surface area contributed by atoms with Gasteiger partial charge in [0.1, 0.15) is 22.5 Å². The van der Waals surface area contributed by atoms with Crippen LogP contribution in [0.3, 0.4) is 0 Å². The van der Waals surface area contributed by atoms with Gasteiger partial charge < -0.3 is 24.8 Å². The zero-order valence-corrected chi connectivity index (χ0v) is 22.7. The number of aliphatic hydroxyl groups excluding tert-OH is 3. The van der Waals surface area contributed by atoms with Crippen molar-refractivity contribution in [3.8, 4) is 0 Å². The fraction of sp³-hybridized carbons (Fsp3) is 0.667. The summed E-state index contributed by atoms with van der Waals surface area (Å²) >= 11 is 1.34. The van der Waals surface area contributed by atoms with E-state index in [1.165, 1.54) is 11.3 Å². The monoisotopic (exact) mass is 521 g/mol. The number of esters is 1. The number of carbonyl (C=O) groups excluding carboxylic acids is 2. The van der Waals surface area contributed by atoms with E-state index in [4.69, 9.17) is 9.47 Å². The molecule has 0 unspecified atom stereocenters. The maximum absolute atomic E-state index is 13.2. The Labute approximate surface area is 217 Å². The number of Topliss-reactive ketones (excluding diaryl/α,β-unsaturated/α-hetero) is 1. The first-order valence-electron chi connectivity index (χ1n) is 12.5. The lowest BCUT2D eigenvalue weighted by atomic mass is 9.73. The number of nitrogens with zero attached hydrogens (tertiary/aromatic N) is 1. The lowest BCUT2D eigenvalue weighted by Crippen LogP contribution is -2.45. The van der Waals surface area contributed by atoms with Crippen molar-refractivity contribution in [1.82, 2.24) is 4.98 Å². The van der Waals surface area contributed by atoms with Crippen LogP contribution in [0.1, 0.15) is 71.5 Å². The summed E-state index contributed by atoms with van der Waals surface area (Å²) in [6, 6.07) is 0. The predicted octanol–water partition coefficient (Wildman–Crippen LogP) is 3.44. The maximum atomic E-state index is 13.2. The van der Waals surface area contributed by atoms with Crippen LogP contribution in [0.4, 0.5) is 0 Å². The molecular weight excluding hydrogens is 482 g/mol. The van der Waals surface area contributed by atoms with E-state index in [1.807, 2.05) is 44.4 Å². The van der Waals surface area contributed by atoms with Gasteiger partial charge in [-0.15, -0.1) is 11.3 Å². The topological polar surface area (TPSA) is 129 Å². The summed E-state index contributed by atoms with van der Waals surface area (Å²) in [5.41, 5.74) is -0.333. The highest BCUT2D eigenvalue weighted by atomic mass is 32.1. The largest absolute Gasteiger partial charge is 0.458 e. The second kappa shape index (κ2) is 11.2. The maximum Gasteiger partial charge on any atom is 0.309 e. The molecule has 7 atom stereocenters. The van der Waals surface area contributed by atoms with Crippen molar-refractivity contribution >= 4 is 29.2 Å². The zero-order chi connectivity index (χ0) is 26.8. The highest BCUT2D eigenvalue weighted by Crippen LogP contribution is 2.42. The van der Waals surface area contributed by atoms with Gasteiger partial charge in [0.2, 0.25) is 0 Å². The fourth-order valence-electron chi connectivity index (χ4n) is 4.69. The molecular formula is C27H39NO7S. The Morgan fingerprint density at radius 1 is 1.25 bits per heavy atom. The Balaban J connectivity index is 1.89. The smallest absolute Gasteiger partial charge is 0.309 e. The molecule has 9 heteroatoms. The van der Waals surface area contributed by atoms with E-state index in [0.29, 0.717) is 23.5 Å². The summed E-state index contributed by atoms with van der Waals surface area (Å²) in [7, 11) is 0. The molecule has 8 nitrogen and oxygen atoms in total. The van der Waals surface area contributed by atoms with E-state index in [-0.39, 0.29) is 30.8 Å². The number of fused-ring (bicyclic) bond motifs is 1. The van der Waals surface area contributed by atoms with Crippen molar-refractivity contribution in [2.24, 2.45) is 17.3 Å². The number of carbonyl (C=O) groups is 2. The van der Waals surface area contributed by atoms with Gasteiger partial charge in [0.15, 0.2) is 0 Å². The van der Waals surface area contributed by atoms with E-state index < -0.39 is 41.2 Å². The van der Waals surface area contributed by atoms with Gasteiger partial charge in [0, 0.05) is 17.7 Å². The Hall–Kier alpha value is -1.91. The van der Waals surface area contributed by atoms with Crippen molar-refractivity contribution in [2.75, 3.05) is 0 Å². The summed E-state index contributed by atoms with van der Waals surface area (Å²) in [5, 5.41) is 33.4. The summed E-state index contributed by atoms with van der Waals surface area (Å²) in [6.07, 6.45) is 3.45. The number of aliphatic hydroxyl groups is 3. The lowest BCUT2D eigenvalue weighted by molar-refractivity contribution is -0.154. The van der Waals surface area contributed by atoms with Gasteiger partial charge in [-0.25, -0.2) is 4.98 Å². The molecule has 0 radical (unpaired) electrons. The molecule has 0 spiro atoms. The number of hydrogen-bond acceptors (Lipinski definition) is 9. The summed E-state index contributed by atoms with van der Waals surface area (Å²) in [5.74, 6) is -1.80. The number of rotatable bonds is 3. The molecule has 3 heterocycles. The Kier molecular flexibility index (Phi) is 8.94. The predicted molar refractivity (Wildman–Crippen MR) is 137 cm³/mol. The van der Waals surface area contributed by atoms with Crippen LogP contribution in [0.15, 0.2) is 23.1 Å². The molecule has 2 aliphatic rings. The van der Waals surface area contributed by atoms with Crippen molar-refractivity contribution in [3.63, 3.8) is 0 Å². The summed E-state index contributed by atoms with van der Waals surface area (Å²) < 4.78 is 11.8. The minimum absolute atomic E-state index is 0.142. The van der Waals surface area contributed by atoms with Gasteiger partial charge in [-0.1, -0.05) is 39.8 Å². The van der Waals surface area contributed by atoms with Gasteiger partial charge in [0.25, 0.3) is 0 Å². The molecule has 0 bridgehead atoms. The molecule has 2 aliphatic heterocycles. The van der Waals surface area contributed by atoms with E-state index in [2.05, 4.69) is 4.98 Å². The molecule has 1 aromatic heterocycles. The molecule has 0 aromatic carbocycles. The molecule has 36 heavy (non-hydrogen) atoms. The molecule has 1 saturated heterocycles. The third-order valence-corrected chi connectivity index (χ3v) is 8.41. The Morgan fingerprint density at radius 3 is 2.58 bits per heavy atom. The second-order valence-corrected chi connectivity index (χ2v) is 11.9. The third kappa shape index (κ3) is 6.50. The Bertz CT molecular complexity index is 1020. The van der Waals surface area contributed by atoms with Crippen LogP contribution in [0.25, 0.3) is 6.08 Å². The minimum atomic E-state index is -1.27. The summed E-state index contributed by atoms with van der Waals surface area (Å²) in [6.45, 7) is 10.4.